The fourth-order valence-corrected chi connectivity index (χ4v) is 4.20. The minimum absolute atomic E-state index is 0.0501. The Morgan fingerprint density at radius 2 is 2.00 bits per heavy atom. The van der Waals surface area contributed by atoms with Gasteiger partial charge in [0.2, 0.25) is 11.8 Å². The number of anilines is 1. The molecule has 1 aliphatic rings. The maximum absolute atomic E-state index is 12.8. The Morgan fingerprint density at radius 3 is 2.61 bits per heavy atom. The van der Waals surface area contributed by atoms with Crippen LogP contribution in [0.5, 0.6) is 0 Å². The number of benzene rings is 2. The first-order valence-electron chi connectivity index (χ1n) is 9.35. The number of nitrogens with one attached hydrogen (secondary N) is 1. The normalized spacial score (nSPS) is 17.1. The molecule has 1 fully saturated rings. The van der Waals surface area contributed by atoms with Crippen molar-refractivity contribution >= 4 is 57.7 Å². The molecule has 2 amide bonds. The lowest BCUT2D eigenvalue weighted by Crippen LogP contribution is -2.33. The van der Waals surface area contributed by atoms with E-state index in [1.165, 1.54) is 40.9 Å². The quantitative estimate of drug-likeness (QED) is 0.596. The monoisotopic (exact) mass is 457 g/mol. The molecule has 0 spiro atoms. The Balaban J connectivity index is 1.72. The zero-order chi connectivity index (χ0) is 22.5. The van der Waals surface area contributed by atoms with Gasteiger partial charge in [0.1, 0.15) is 5.25 Å². The van der Waals surface area contributed by atoms with Gasteiger partial charge in [-0.05, 0) is 48.9 Å². The van der Waals surface area contributed by atoms with Crippen molar-refractivity contribution in [3.8, 4) is 0 Å². The van der Waals surface area contributed by atoms with Crippen LogP contribution in [0.25, 0.3) is 0 Å². The maximum atomic E-state index is 12.8. The molecule has 1 saturated heterocycles. The Kier molecular flexibility index (Phi) is 7.14. The van der Waals surface area contributed by atoms with Crippen molar-refractivity contribution in [2.45, 2.75) is 18.6 Å². The smallest absolute Gasteiger partial charge is 0.335 e. The predicted octanol–water partition coefficient (Wildman–Crippen LogP) is 4.49. The molecule has 9 heteroatoms. The minimum atomic E-state index is -1.05. The molecule has 0 aromatic heterocycles. The second-order valence-corrected chi connectivity index (χ2v) is 8.38. The zero-order valence-electron chi connectivity index (χ0n) is 16.7. The number of carboxylic acids is 1. The lowest BCUT2D eigenvalue weighted by Gasteiger charge is -2.14. The molecule has 2 N–H and O–H groups in total. The Bertz CT molecular complexity index is 1070. The van der Waals surface area contributed by atoms with Crippen molar-refractivity contribution in [3.63, 3.8) is 0 Å². The number of thioether (sulfide) groups is 1. The SMILES string of the molecule is C=CCN1C(=O)[C@@H](CC(=O)Nc2ccc(C(=O)O)cc2)SC1=Nc1ccc(C)c(Cl)c1. The summed E-state index contributed by atoms with van der Waals surface area (Å²) in [4.78, 5) is 42.2. The number of carboxylic acid groups (broad SMARTS) is 1. The molecule has 0 aliphatic carbocycles. The van der Waals surface area contributed by atoms with Crippen LogP contribution in [-0.4, -0.2) is 44.8 Å². The summed E-state index contributed by atoms with van der Waals surface area (Å²) in [5.74, 6) is -1.62. The summed E-state index contributed by atoms with van der Waals surface area (Å²) in [5, 5.41) is 12.1. The largest absolute Gasteiger partial charge is 0.478 e. The molecular weight excluding hydrogens is 438 g/mol. The number of rotatable bonds is 7. The third-order valence-corrected chi connectivity index (χ3v) is 6.08. The van der Waals surface area contributed by atoms with Crippen LogP contribution in [-0.2, 0) is 9.59 Å². The summed E-state index contributed by atoms with van der Waals surface area (Å²) < 4.78 is 0. The number of aliphatic imine (C=N–C) groups is 1. The lowest BCUT2D eigenvalue weighted by molar-refractivity contribution is -0.127. The van der Waals surface area contributed by atoms with Crippen molar-refractivity contribution in [1.82, 2.24) is 4.90 Å². The summed E-state index contributed by atoms with van der Waals surface area (Å²) in [6, 6.07) is 11.2. The van der Waals surface area contributed by atoms with Gasteiger partial charge in [-0.25, -0.2) is 9.79 Å². The first-order chi connectivity index (χ1) is 14.8. The van der Waals surface area contributed by atoms with Crippen molar-refractivity contribution < 1.29 is 19.5 Å². The van der Waals surface area contributed by atoms with E-state index in [9.17, 15) is 14.4 Å². The summed E-state index contributed by atoms with van der Waals surface area (Å²) >= 11 is 7.38. The van der Waals surface area contributed by atoms with E-state index < -0.39 is 11.2 Å². The number of amides is 2. The lowest BCUT2D eigenvalue weighted by atomic mass is 10.2. The number of hydrogen-bond acceptors (Lipinski definition) is 5. The van der Waals surface area contributed by atoms with Crippen molar-refractivity contribution in [3.05, 3.63) is 71.3 Å². The van der Waals surface area contributed by atoms with Crippen LogP contribution in [0.1, 0.15) is 22.3 Å². The fraction of sp³-hybridized carbons (Fsp3) is 0.182. The molecule has 0 radical (unpaired) electrons. The minimum Gasteiger partial charge on any atom is -0.478 e. The van der Waals surface area contributed by atoms with Gasteiger partial charge in [0, 0.05) is 23.7 Å². The summed E-state index contributed by atoms with van der Waals surface area (Å²) in [6.07, 6.45) is 1.55. The van der Waals surface area contributed by atoms with Gasteiger partial charge < -0.3 is 10.4 Å². The van der Waals surface area contributed by atoms with Gasteiger partial charge in [0.05, 0.1) is 11.3 Å². The van der Waals surface area contributed by atoms with E-state index in [1.807, 2.05) is 19.1 Å². The van der Waals surface area contributed by atoms with Gasteiger partial charge in [-0.3, -0.25) is 14.5 Å². The number of halogens is 1. The van der Waals surface area contributed by atoms with Crippen LogP contribution in [0, 0.1) is 6.92 Å². The fourth-order valence-electron chi connectivity index (χ4n) is 2.86. The molecule has 2 aromatic carbocycles. The number of aryl methyl sites for hydroxylation is 1. The van der Waals surface area contributed by atoms with Gasteiger partial charge >= 0.3 is 5.97 Å². The number of carbonyl (C=O) groups is 3. The highest BCUT2D eigenvalue weighted by Gasteiger charge is 2.38. The van der Waals surface area contributed by atoms with Crippen molar-refractivity contribution in [2.24, 2.45) is 4.99 Å². The Morgan fingerprint density at radius 1 is 1.29 bits per heavy atom. The van der Waals surface area contributed by atoms with Crippen LogP contribution in [0.4, 0.5) is 11.4 Å². The average Bonchev–Trinajstić information content (AvgIpc) is 3.00. The van der Waals surface area contributed by atoms with E-state index in [1.54, 1.807) is 12.1 Å². The van der Waals surface area contributed by atoms with Crippen molar-refractivity contribution in [1.29, 1.82) is 0 Å². The molecule has 1 atom stereocenters. The van der Waals surface area contributed by atoms with Gasteiger partial charge in [-0.2, -0.15) is 0 Å². The third kappa shape index (κ3) is 5.53. The van der Waals surface area contributed by atoms with E-state index in [0.29, 0.717) is 21.6 Å². The van der Waals surface area contributed by atoms with Crippen LogP contribution in [0.15, 0.2) is 60.1 Å². The van der Waals surface area contributed by atoms with Gasteiger partial charge in [-0.1, -0.05) is 35.5 Å². The van der Waals surface area contributed by atoms with E-state index in [0.717, 1.165) is 5.56 Å². The number of hydrogen-bond donors (Lipinski definition) is 2. The van der Waals surface area contributed by atoms with Crippen LogP contribution >= 0.6 is 23.4 Å². The van der Waals surface area contributed by atoms with Gasteiger partial charge in [-0.15, -0.1) is 6.58 Å². The molecule has 1 aliphatic heterocycles. The molecule has 2 aromatic rings. The molecule has 31 heavy (non-hydrogen) atoms. The van der Waals surface area contributed by atoms with Crippen LogP contribution in [0.2, 0.25) is 5.02 Å². The standard InChI is InChI=1S/C22H20ClN3O4S/c1-3-10-26-20(28)18(31-22(26)25-16-7-4-13(2)17(23)11-16)12-19(27)24-15-8-5-14(6-9-15)21(29)30/h3-9,11,18H,1,10,12H2,2H3,(H,24,27)(H,29,30)/t18-/m1/s1. The summed E-state index contributed by atoms with van der Waals surface area (Å²) in [5.41, 5.74) is 2.12. The van der Waals surface area contributed by atoms with E-state index >= 15 is 0 Å². The number of carbonyl (C=O) groups excluding carboxylic acids is 2. The van der Waals surface area contributed by atoms with Gasteiger partial charge in [0.25, 0.3) is 0 Å². The highest BCUT2D eigenvalue weighted by atomic mass is 35.5. The topological polar surface area (TPSA) is 99.1 Å². The molecule has 3 rings (SSSR count). The highest BCUT2D eigenvalue weighted by Crippen LogP contribution is 2.32. The van der Waals surface area contributed by atoms with E-state index in [4.69, 9.17) is 16.7 Å². The Labute approximate surface area is 188 Å². The first kappa shape index (κ1) is 22.6. The van der Waals surface area contributed by atoms with Crippen LogP contribution < -0.4 is 5.32 Å². The molecule has 160 valence electrons. The molecular formula is C22H20ClN3O4S. The maximum Gasteiger partial charge on any atom is 0.335 e. The van der Waals surface area contributed by atoms with E-state index in [-0.39, 0.29) is 30.3 Å². The summed E-state index contributed by atoms with van der Waals surface area (Å²) in [6.45, 7) is 5.85. The number of aromatic carboxylic acids is 1. The second kappa shape index (κ2) is 9.80. The molecule has 7 nitrogen and oxygen atoms in total. The molecule has 1 heterocycles. The van der Waals surface area contributed by atoms with Crippen molar-refractivity contribution in [2.75, 3.05) is 11.9 Å². The summed E-state index contributed by atoms with van der Waals surface area (Å²) in [7, 11) is 0. The first-order valence-corrected chi connectivity index (χ1v) is 10.6. The predicted molar refractivity (Wildman–Crippen MR) is 123 cm³/mol. The van der Waals surface area contributed by atoms with Gasteiger partial charge in [0.15, 0.2) is 5.17 Å². The number of nitrogens with zero attached hydrogens (tertiary/aromatic N) is 2. The second-order valence-electron chi connectivity index (χ2n) is 6.81. The van der Waals surface area contributed by atoms with Crippen LogP contribution in [0.3, 0.4) is 0 Å². The molecule has 0 saturated carbocycles. The Hall–Kier alpha value is -3.10. The molecule has 0 bridgehead atoms. The average molecular weight is 458 g/mol. The highest BCUT2D eigenvalue weighted by molar-refractivity contribution is 8.15. The van der Waals surface area contributed by atoms with E-state index in [2.05, 4.69) is 16.9 Å². The molecule has 0 unspecified atom stereocenters. The number of amidine groups is 1. The third-order valence-electron chi connectivity index (χ3n) is 4.50. The zero-order valence-corrected chi connectivity index (χ0v) is 18.2.